The summed E-state index contributed by atoms with van der Waals surface area (Å²) in [6.07, 6.45) is 6.68. The van der Waals surface area contributed by atoms with Crippen molar-refractivity contribution in [2.75, 3.05) is 6.61 Å². The van der Waals surface area contributed by atoms with Gasteiger partial charge in [-0.15, -0.1) is 0 Å². The van der Waals surface area contributed by atoms with Gasteiger partial charge in [0.25, 0.3) is 0 Å². The van der Waals surface area contributed by atoms with Gasteiger partial charge in [-0.05, 0) is 43.9 Å². The molecule has 2 rings (SSSR count). The molecule has 0 unspecified atom stereocenters. The Hall–Kier alpha value is -0.0400. The first-order valence-electron chi connectivity index (χ1n) is 5.36. The molecule has 1 aliphatic carbocycles. The number of ether oxygens (including phenoxy) is 1. The van der Waals surface area contributed by atoms with Crippen molar-refractivity contribution in [2.45, 2.75) is 51.6 Å². The number of hydrogen-bond acceptors (Lipinski definition) is 1. The molecule has 0 aromatic heterocycles. The van der Waals surface area contributed by atoms with Gasteiger partial charge in [-0.25, -0.2) is 0 Å². The van der Waals surface area contributed by atoms with E-state index in [-0.39, 0.29) is 0 Å². The topological polar surface area (TPSA) is 9.23 Å². The summed E-state index contributed by atoms with van der Waals surface area (Å²) in [6, 6.07) is 0. The number of rotatable bonds is 1. The van der Waals surface area contributed by atoms with E-state index < -0.39 is 0 Å². The zero-order chi connectivity index (χ0) is 8.60. The predicted molar refractivity (Wildman–Crippen MR) is 50.1 cm³/mol. The normalized spacial score (nSPS) is 41.8. The van der Waals surface area contributed by atoms with Gasteiger partial charge in [0.05, 0.1) is 5.60 Å². The number of hydrogen-bond donors (Lipinski definition) is 0. The molecule has 1 heterocycles. The second kappa shape index (κ2) is 3.02. The molecule has 1 nitrogen and oxygen atoms in total. The molecule has 2 fully saturated rings. The molecule has 1 aliphatic heterocycles. The molecule has 0 atom stereocenters. The first kappa shape index (κ1) is 8.55. The van der Waals surface area contributed by atoms with Crippen molar-refractivity contribution in [3.8, 4) is 0 Å². The van der Waals surface area contributed by atoms with Crippen LogP contribution in [0.2, 0.25) is 0 Å². The fourth-order valence-corrected chi connectivity index (χ4v) is 2.60. The average Bonchev–Trinajstić information content (AvgIpc) is 2.01. The van der Waals surface area contributed by atoms with Gasteiger partial charge in [0, 0.05) is 6.61 Å². The van der Waals surface area contributed by atoms with E-state index in [1.165, 1.54) is 32.1 Å². The van der Waals surface area contributed by atoms with Gasteiger partial charge < -0.3 is 4.74 Å². The predicted octanol–water partition coefficient (Wildman–Crippen LogP) is 2.99. The fourth-order valence-electron chi connectivity index (χ4n) is 2.60. The van der Waals surface area contributed by atoms with Gasteiger partial charge in [-0.2, -0.15) is 0 Å². The van der Waals surface area contributed by atoms with E-state index in [0.717, 1.165) is 18.4 Å². The summed E-state index contributed by atoms with van der Waals surface area (Å²) in [7, 11) is 0. The molecule has 70 valence electrons. The van der Waals surface area contributed by atoms with Gasteiger partial charge in [0.1, 0.15) is 0 Å². The third-order valence-corrected chi connectivity index (χ3v) is 3.65. The van der Waals surface area contributed by atoms with Crippen LogP contribution in [0.5, 0.6) is 0 Å². The Morgan fingerprint density at radius 3 is 2.50 bits per heavy atom. The van der Waals surface area contributed by atoms with E-state index in [0.29, 0.717) is 5.60 Å². The molecule has 12 heavy (non-hydrogen) atoms. The Morgan fingerprint density at radius 2 is 2.00 bits per heavy atom. The summed E-state index contributed by atoms with van der Waals surface area (Å²) < 4.78 is 5.88. The summed E-state index contributed by atoms with van der Waals surface area (Å²) in [4.78, 5) is 0. The van der Waals surface area contributed by atoms with Crippen LogP contribution in [-0.4, -0.2) is 12.2 Å². The molecule has 2 aliphatic rings. The maximum Gasteiger partial charge on any atom is 0.0688 e. The minimum absolute atomic E-state index is 0.354. The van der Waals surface area contributed by atoms with Gasteiger partial charge in [-0.3, -0.25) is 0 Å². The first-order valence-corrected chi connectivity index (χ1v) is 5.36. The standard InChI is InChI=1S/C11H20O/c1-9(2)10-7-11(8-10)5-3-4-6-12-11/h9-10H,3-8H2,1-2H3. The zero-order valence-corrected chi connectivity index (χ0v) is 8.31. The molecule has 1 saturated carbocycles. The van der Waals surface area contributed by atoms with E-state index in [1.54, 1.807) is 0 Å². The summed E-state index contributed by atoms with van der Waals surface area (Å²) in [6.45, 7) is 5.69. The Bertz CT molecular complexity index is 148. The molecule has 0 bridgehead atoms. The van der Waals surface area contributed by atoms with Crippen LogP contribution in [0.1, 0.15) is 46.0 Å². The highest BCUT2D eigenvalue weighted by atomic mass is 16.5. The molecule has 1 spiro atoms. The van der Waals surface area contributed by atoms with Crippen molar-refractivity contribution in [1.82, 2.24) is 0 Å². The van der Waals surface area contributed by atoms with Gasteiger partial charge in [0.15, 0.2) is 0 Å². The van der Waals surface area contributed by atoms with Crippen LogP contribution in [0.4, 0.5) is 0 Å². The Kier molecular flexibility index (Phi) is 2.16. The van der Waals surface area contributed by atoms with Crippen LogP contribution in [0.25, 0.3) is 0 Å². The van der Waals surface area contributed by atoms with Crippen LogP contribution in [0, 0.1) is 11.8 Å². The van der Waals surface area contributed by atoms with Crippen LogP contribution in [0.3, 0.4) is 0 Å². The van der Waals surface area contributed by atoms with Gasteiger partial charge in [-0.1, -0.05) is 13.8 Å². The lowest BCUT2D eigenvalue weighted by Gasteiger charge is -2.51. The second-order valence-electron chi connectivity index (χ2n) is 4.90. The van der Waals surface area contributed by atoms with E-state index in [2.05, 4.69) is 13.8 Å². The monoisotopic (exact) mass is 168 g/mol. The summed E-state index contributed by atoms with van der Waals surface area (Å²) >= 11 is 0. The summed E-state index contributed by atoms with van der Waals surface area (Å²) in [5.41, 5.74) is 0.354. The highest BCUT2D eigenvalue weighted by molar-refractivity contribution is 4.97. The van der Waals surface area contributed by atoms with Gasteiger partial charge >= 0.3 is 0 Å². The average molecular weight is 168 g/mol. The van der Waals surface area contributed by atoms with E-state index in [9.17, 15) is 0 Å². The summed E-state index contributed by atoms with van der Waals surface area (Å²) in [5.74, 6) is 1.81. The minimum Gasteiger partial charge on any atom is -0.375 e. The van der Waals surface area contributed by atoms with Crippen molar-refractivity contribution >= 4 is 0 Å². The summed E-state index contributed by atoms with van der Waals surface area (Å²) in [5, 5.41) is 0. The lowest BCUT2D eigenvalue weighted by molar-refractivity contribution is -0.161. The Labute approximate surface area is 75.5 Å². The highest BCUT2D eigenvalue weighted by Gasteiger charge is 2.46. The second-order valence-corrected chi connectivity index (χ2v) is 4.90. The van der Waals surface area contributed by atoms with Crippen LogP contribution in [-0.2, 0) is 4.74 Å². The molecule has 1 heteroatoms. The van der Waals surface area contributed by atoms with Gasteiger partial charge in [0.2, 0.25) is 0 Å². The zero-order valence-electron chi connectivity index (χ0n) is 8.31. The smallest absolute Gasteiger partial charge is 0.0688 e. The maximum absolute atomic E-state index is 5.88. The Balaban J connectivity index is 1.84. The van der Waals surface area contributed by atoms with Crippen molar-refractivity contribution in [2.24, 2.45) is 11.8 Å². The lowest BCUT2D eigenvalue weighted by atomic mass is 9.63. The molecule has 0 radical (unpaired) electrons. The van der Waals surface area contributed by atoms with E-state index in [1.807, 2.05) is 0 Å². The molecular formula is C11H20O. The molecular weight excluding hydrogens is 148 g/mol. The fraction of sp³-hybridized carbons (Fsp3) is 1.00. The molecule has 0 aromatic carbocycles. The van der Waals surface area contributed by atoms with Crippen molar-refractivity contribution in [3.63, 3.8) is 0 Å². The van der Waals surface area contributed by atoms with Crippen LogP contribution in [0.15, 0.2) is 0 Å². The largest absolute Gasteiger partial charge is 0.375 e. The highest BCUT2D eigenvalue weighted by Crippen LogP contribution is 2.49. The van der Waals surface area contributed by atoms with Crippen molar-refractivity contribution < 1.29 is 4.74 Å². The van der Waals surface area contributed by atoms with E-state index >= 15 is 0 Å². The van der Waals surface area contributed by atoms with Crippen LogP contribution >= 0.6 is 0 Å². The maximum atomic E-state index is 5.88. The third-order valence-electron chi connectivity index (χ3n) is 3.65. The van der Waals surface area contributed by atoms with Crippen LogP contribution < -0.4 is 0 Å². The van der Waals surface area contributed by atoms with Crippen molar-refractivity contribution in [1.29, 1.82) is 0 Å². The molecule has 0 N–H and O–H groups in total. The van der Waals surface area contributed by atoms with Crippen molar-refractivity contribution in [3.05, 3.63) is 0 Å². The lowest BCUT2D eigenvalue weighted by Crippen LogP contribution is -2.49. The first-order chi connectivity index (χ1) is 5.72. The SMILES string of the molecule is CC(C)C1CC2(CCCCO2)C1. The molecule has 0 amide bonds. The Morgan fingerprint density at radius 1 is 1.25 bits per heavy atom. The van der Waals surface area contributed by atoms with E-state index in [4.69, 9.17) is 4.74 Å². The minimum atomic E-state index is 0.354. The molecule has 0 aromatic rings. The molecule has 1 saturated heterocycles. The third kappa shape index (κ3) is 1.39. The quantitative estimate of drug-likeness (QED) is 0.585.